The minimum atomic E-state index is -4.19. The summed E-state index contributed by atoms with van der Waals surface area (Å²) in [5, 5.41) is 9.10. The third-order valence-electron chi connectivity index (χ3n) is 3.97. The molecule has 0 spiro atoms. The molecule has 0 bridgehead atoms. The van der Waals surface area contributed by atoms with Gasteiger partial charge in [0.25, 0.3) is 0 Å². The second-order valence-electron chi connectivity index (χ2n) is 6.04. The van der Waals surface area contributed by atoms with Crippen molar-refractivity contribution in [2.45, 2.75) is 102 Å². The molecule has 128 valence electrons. The molecule has 0 aromatic heterocycles. The molecular weight excluding hydrogens is 327 g/mol. The Morgan fingerprint density at radius 1 is 0.818 bits per heavy atom. The largest absolute Gasteiger partial charge is 1.00 e. The molecule has 0 saturated heterocycles. The molecule has 0 rings (SSSR count). The first-order valence-electron chi connectivity index (χ1n) is 8.54. The van der Waals surface area contributed by atoms with E-state index in [1.807, 2.05) is 6.92 Å². The summed E-state index contributed by atoms with van der Waals surface area (Å²) in [4.78, 5) is 0. The standard InChI is InChI=1S/C16H34O4S.K/c1-3-5-6-7-8-9-12-15(17)13-10-14-16(11-4-2)21(18,19)20;/h15-17H,3-14H2,1-2H3,(H,18,19,20);/q;+1/p-1. The number of aliphatic hydroxyl groups excluding tert-OH is 1. The van der Waals surface area contributed by atoms with Crippen molar-refractivity contribution in [3.63, 3.8) is 0 Å². The number of aliphatic hydroxyl groups is 1. The second-order valence-corrected chi connectivity index (χ2v) is 7.70. The molecule has 2 atom stereocenters. The van der Waals surface area contributed by atoms with Gasteiger partial charge in [-0.3, -0.25) is 0 Å². The first-order valence-corrected chi connectivity index (χ1v) is 10.0. The summed E-state index contributed by atoms with van der Waals surface area (Å²) < 4.78 is 33.2. The summed E-state index contributed by atoms with van der Waals surface area (Å²) in [6, 6.07) is 0. The molecule has 0 aliphatic rings. The van der Waals surface area contributed by atoms with Gasteiger partial charge >= 0.3 is 51.4 Å². The minimum Gasteiger partial charge on any atom is -0.748 e. The molecule has 0 radical (unpaired) electrons. The van der Waals surface area contributed by atoms with Crippen LogP contribution in [0.1, 0.15) is 90.9 Å². The van der Waals surface area contributed by atoms with E-state index in [0.29, 0.717) is 32.1 Å². The normalized spacial score (nSPS) is 14.4. The molecule has 0 amide bonds. The molecular formula is C16H33KO4S. The molecule has 22 heavy (non-hydrogen) atoms. The fraction of sp³-hybridized carbons (Fsp3) is 1.00. The molecule has 4 nitrogen and oxygen atoms in total. The molecule has 0 aliphatic heterocycles. The van der Waals surface area contributed by atoms with Crippen LogP contribution in [-0.2, 0) is 10.1 Å². The molecule has 0 aromatic carbocycles. The van der Waals surface area contributed by atoms with Crippen LogP contribution in [0.15, 0.2) is 0 Å². The van der Waals surface area contributed by atoms with Crippen LogP contribution in [-0.4, -0.2) is 29.4 Å². The van der Waals surface area contributed by atoms with E-state index < -0.39 is 15.4 Å². The zero-order valence-corrected chi connectivity index (χ0v) is 18.7. The van der Waals surface area contributed by atoms with Gasteiger partial charge in [-0.2, -0.15) is 0 Å². The van der Waals surface area contributed by atoms with E-state index in [4.69, 9.17) is 0 Å². The monoisotopic (exact) mass is 360 g/mol. The second kappa shape index (κ2) is 16.0. The van der Waals surface area contributed by atoms with E-state index in [1.54, 1.807) is 0 Å². The van der Waals surface area contributed by atoms with Crippen LogP contribution in [0.2, 0.25) is 0 Å². The average Bonchev–Trinajstić information content (AvgIpc) is 2.40. The van der Waals surface area contributed by atoms with Crippen molar-refractivity contribution in [2.75, 3.05) is 0 Å². The van der Waals surface area contributed by atoms with E-state index in [1.165, 1.54) is 25.7 Å². The van der Waals surface area contributed by atoms with Crippen molar-refractivity contribution < 1.29 is 69.5 Å². The maximum absolute atomic E-state index is 11.1. The van der Waals surface area contributed by atoms with Crippen LogP contribution in [0.3, 0.4) is 0 Å². The number of hydrogen-bond donors (Lipinski definition) is 1. The number of hydrogen-bond acceptors (Lipinski definition) is 4. The Kier molecular flexibility index (Phi) is 18.7. The van der Waals surface area contributed by atoms with E-state index >= 15 is 0 Å². The fourth-order valence-corrected chi connectivity index (χ4v) is 3.62. The zero-order chi connectivity index (χ0) is 16.1. The van der Waals surface area contributed by atoms with Crippen molar-refractivity contribution in [2.24, 2.45) is 0 Å². The first kappa shape index (κ1) is 25.7. The minimum absolute atomic E-state index is 0. The number of unbranched alkanes of at least 4 members (excludes halogenated alkanes) is 5. The van der Waals surface area contributed by atoms with Crippen LogP contribution >= 0.6 is 0 Å². The Morgan fingerprint density at radius 2 is 1.36 bits per heavy atom. The molecule has 0 fully saturated rings. The van der Waals surface area contributed by atoms with Crippen LogP contribution in [0, 0.1) is 0 Å². The molecule has 2 unspecified atom stereocenters. The van der Waals surface area contributed by atoms with Crippen LogP contribution in [0.4, 0.5) is 0 Å². The van der Waals surface area contributed by atoms with Crippen molar-refractivity contribution >= 4 is 10.1 Å². The van der Waals surface area contributed by atoms with Gasteiger partial charge in [-0.1, -0.05) is 58.8 Å². The van der Waals surface area contributed by atoms with Crippen molar-refractivity contribution in [1.82, 2.24) is 0 Å². The third-order valence-corrected chi connectivity index (χ3v) is 5.26. The van der Waals surface area contributed by atoms with Crippen LogP contribution < -0.4 is 51.4 Å². The van der Waals surface area contributed by atoms with Gasteiger partial charge < -0.3 is 9.66 Å². The molecule has 0 heterocycles. The van der Waals surface area contributed by atoms with Gasteiger partial charge in [0.05, 0.1) is 16.2 Å². The fourth-order valence-electron chi connectivity index (χ4n) is 2.64. The summed E-state index contributed by atoms with van der Waals surface area (Å²) in [5.41, 5.74) is 0. The van der Waals surface area contributed by atoms with Crippen LogP contribution in [0.5, 0.6) is 0 Å². The summed E-state index contributed by atoms with van der Waals surface area (Å²) in [6.07, 6.45) is 10.4. The molecule has 0 saturated carbocycles. The third kappa shape index (κ3) is 15.1. The Bertz CT molecular complexity index is 333. The van der Waals surface area contributed by atoms with E-state index in [0.717, 1.165) is 19.3 Å². The zero-order valence-electron chi connectivity index (χ0n) is 14.7. The summed E-state index contributed by atoms with van der Waals surface area (Å²) in [5.74, 6) is 0. The van der Waals surface area contributed by atoms with Gasteiger partial charge in [0, 0.05) is 5.25 Å². The predicted octanol–water partition coefficient (Wildman–Crippen LogP) is 0.986. The average molecular weight is 361 g/mol. The number of rotatable bonds is 14. The van der Waals surface area contributed by atoms with Gasteiger partial charge in [0.15, 0.2) is 0 Å². The SMILES string of the molecule is CCCCCCCCC(O)CCCC(CCC)S(=O)(=O)[O-].[K+]. The van der Waals surface area contributed by atoms with Crippen molar-refractivity contribution in [3.05, 3.63) is 0 Å². The van der Waals surface area contributed by atoms with Gasteiger partial charge in [-0.05, 0) is 32.1 Å². The van der Waals surface area contributed by atoms with Crippen molar-refractivity contribution in [3.8, 4) is 0 Å². The van der Waals surface area contributed by atoms with Gasteiger partial charge in [-0.15, -0.1) is 0 Å². The van der Waals surface area contributed by atoms with E-state index in [9.17, 15) is 18.1 Å². The first-order chi connectivity index (χ1) is 9.91. The summed E-state index contributed by atoms with van der Waals surface area (Å²) in [6.45, 7) is 4.07. The van der Waals surface area contributed by atoms with E-state index in [2.05, 4.69) is 6.92 Å². The Morgan fingerprint density at radius 3 is 1.91 bits per heavy atom. The quantitative estimate of drug-likeness (QED) is 0.285. The van der Waals surface area contributed by atoms with Gasteiger partial charge in [-0.25, -0.2) is 8.42 Å². The van der Waals surface area contributed by atoms with Crippen LogP contribution in [0.25, 0.3) is 0 Å². The van der Waals surface area contributed by atoms with Crippen molar-refractivity contribution in [1.29, 1.82) is 0 Å². The molecule has 6 heteroatoms. The smallest absolute Gasteiger partial charge is 0.748 e. The molecule has 1 N–H and O–H groups in total. The molecule has 0 aliphatic carbocycles. The summed E-state index contributed by atoms with van der Waals surface area (Å²) >= 11 is 0. The van der Waals surface area contributed by atoms with Gasteiger partial charge in [0.2, 0.25) is 0 Å². The Labute approximate surface area is 180 Å². The Balaban J connectivity index is 0. The maximum Gasteiger partial charge on any atom is 1.00 e. The molecule has 0 aromatic rings. The Hall–Kier alpha value is 1.51. The summed E-state index contributed by atoms with van der Waals surface area (Å²) in [7, 11) is -4.19. The predicted molar refractivity (Wildman–Crippen MR) is 86.2 cm³/mol. The van der Waals surface area contributed by atoms with E-state index in [-0.39, 0.29) is 57.5 Å². The topological polar surface area (TPSA) is 77.4 Å². The van der Waals surface area contributed by atoms with Gasteiger partial charge in [0.1, 0.15) is 0 Å². The maximum atomic E-state index is 11.1.